The van der Waals surface area contributed by atoms with E-state index in [4.69, 9.17) is 0 Å². The summed E-state index contributed by atoms with van der Waals surface area (Å²) < 4.78 is 0. The molecule has 2 aliphatic rings. The van der Waals surface area contributed by atoms with Crippen LogP contribution in [-0.4, -0.2) is 37.1 Å². The Bertz CT molecular complexity index is 292. The second-order valence-corrected chi connectivity index (χ2v) is 8.21. The van der Waals surface area contributed by atoms with Crippen molar-refractivity contribution in [3.8, 4) is 0 Å². The summed E-state index contributed by atoms with van der Waals surface area (Å²) in [7, 11) is 0. The highest BCUT2D eigenvalue weighted by Crippen LogP contribution is 2.39. The zero-order chi connectivity index (χ0) is 15.3. The van der Waals surface area contributed by atoms with E-state index in [0.29, 0.717) is 11.5 Å². The van der Waals surface area contributed by atoms with Crippen molar-refractivity contribution < 1.29 is 0 Å². The van der Waals surface area contributed by atoms with Crippen LogP contribution in [-0.2, 0) is 0 Å². The molecule has 1 aliphatic carbocycles. The van der Waals surface area contributed by atoms with Gasteiger partial charge in [-0.15, -0.1) is 0 Å². The highest BCUT2D eigenvalue weighted by atomic mass is 15.1. The molecule has 1 heterocycles. The van der Waals surface area contributed by atoms with Crippen LogP contribution in [0.4, 0.5) is 0 Å². The lowest BCUT2D eigenvalue weighted by Gasteiger charge is -2.46. The minimum atomic E-state index is 0.472. The van der Waals surface area contributed by atoms with Crippen molar-refractivity contribution in [3.05, 3.63) is 0 Å². The van der Waals surface area contributed by atoms with E-state index in [0.717, 1.165) is 18.4 Å². The van der Waals surface area contributed by atoms with Crippen LogP contribution in [0.1, 0.15) is 72.6 Å². The van der Waals surface area contributed by atoms with E-state index >= 15 is 0 Å². The molecule has 1 N–H and O–H groups in total. The van der Waals surface area contributed by atoms with E-state index in [1.165, 1.54) is 64.6 Å². The number of nitrogens with one attached hydrogen (secondary N) is 1. The lowest BCUT2D eigenvalue weighted by Crippen LogP contribution is -2.53. The first-order chi connectivity index (χ1) is 10.1. The summed E-state index contributed by atoms with van der Waals surface area (Å²) in [5.41, 5.74) is 0.472. The second-order valence-electron chi connectivity index (χ2n) is 8.21. The van der Waals surface area contributed by atoms with Crippen LogP contribution in [0.3, 0.4) is 0 Å². The fourth-order valence-corrected chi connectivity index (χ4v) is 4.84. The fourth-order valence-electron chi connectivity index (χ4n) is 4.84. The largest absolute Gasteiger partial charge is 0.313 e. The van der Waals surface area contributed by atoms with Gasteiger partial charge in [0.05, 0.1) is 0 Å². The van der Waals surface area contributed by atoms with E-state index < -0.39 is 0 Å². The number of likely N-dealkylation sites (tertiary alicyclic amines) is 1. The Hall–Kier alpha value is -0.0800. The first-order valence-corrected chi connectivity index (χ1v) is 9.52. The van der Waals surface area contributed by atoms with E-state index in [1.807, 2.05) is 0 Å². The molecule has 2 heteroatoms. The van der Waals surface area contributed by atoms with Crippen molar-refractivity contribution in [2.24, 2.45) is 17.3 Å². The van der Waals surface area contributed by atoms with Gasteiger partial charge in [0.25, 0.3) is 0 Å². The van der Waals surface area contributed by atoms with E-state index in [1.54, 1.807) is 0 Å². The fraction of sp³-hybridized carbons (Fsp3) is 1.00. The summed E-state index contributed by atoms with van der Waals surface area (Å²) in [6, 6.07) is 0.713. The molecule has 124 valence electrons. The molecule has 1 saturated carbocycles. The third-order valence-corrected chi connectivity index (χ3v) is 6.03. The predicted octanol–water partition coefficient (Wildman–Crippen LogP) is 4.30. The minimum Gasteiger partial charge on any atom is -0.313 e. The number of nitrogens with zero attached hydrogens (tertiary/aromatic N) is 1. The number of hydrogen-bond donors (Lipinski definition) is 1. The number of piperidine rings is 1. The molecule has 0 spiro atoms. The number of rotatable bonds is 6. The highest BCUT2D eigenvalue weighted by molar-refractivity contribution is 4.94. The Morgan fingerprint density at radius 2 is 1.81 bits per heavy atom. The molecule has 2 nitrogen and oxygen atoms in total. The van der Waals surface area contributed by atoms with Crippen molar-refractivity contribution in [1.29, 1.82) is 0 Å². The van der Waals surface area contributed by atoms with Gasteiger partial charge >= 0.3 is 0 Å². The van der Waals surface area contributed by atoms with Crippen LogP contribution in [0.2, 0.25) is 0 Å². The maximum Gasteiger partial charge on any atom is 0.0159 e. The monoisotopic (exact) mass is 294 g/mol. The van der Waals surface area contributed by atoms with Crippen molar-refractivity contribution in [3.63, 3.8) is 0 Å². The Balaban J connectivity index is 1.86. The average Bonchev–Trinajstić information content (AvgIpc) is 2.45. The quantitative estimate of drug-likeness (QED) is 0.785. The lowest BCUT2D eigenvalue weighted by atomic mass is 9.67. The Kier molecular flexibility index (Phi) is 6.55. The third kappa shape index (κ3) is 4.69. The average molecular weight is 295 g/mol. The Morgan fingerprint density at radius 3 is 2.43 bits per heavy atom. The van der Waals surface area contributed by atoms with Crippen LogP contribution in [0.15, 0.2) is 0 Å². The van der Waals surface area contributed by atoms with Gasteiger partial charge in [-0.2, -0.15) is 0 Å². The zero-order valence-corrected chi connectivity index (χ0v) is 15.0. The molecule has 0 bridgehead atoms. The molecule has 2 atom stereocenters. The van der Waals surface area contributed by atoms with Crippen LogP contribution >= 0.6 is 0 Å². The van der Waals surface area contributed by atoms with Gasteiger partial charge in [-0.1, -0.05) is 47.0 Å². The molecule has 2 rings (SSSR count). The molecule has 2 fully saturated rings. The molecule has 21 heavy (non-hydrogen) atoms. The maximum atomic E-state index is 3.82. The molecular weight excluding hydrogens is 256 g/mol. The minimum absolute atomic E-state index is 0.472. The summed E-state index contributed by atoms with van der Waals surface area (Å²) in [5, 5.41) is 3.82. The van der Waals surface area contributed by atoms with Crippen LogP contribution in [0, 0.1) is 17.3 Å². The maximum absolute atomic E-state index is 3.82. The normalized spacial score (nSPS) is 31.4. The van der Waals surface area contributed by atoms with Crippen molar-refractivity contribution in [2.45, 2.75) is 78.7 Å². The SMILES string of the molecule is CCCC1CCN(CC2CCCC(C)(C)C2NCC)CC1. The van der Waals surface area contributed by atoms with Crippen LogP contribution in [0.25, 0.3) is 0 Å². The van der Waals surface area contributed by atoms with Gasteiger partial charge in [0.1, 0.15) is 0 Å². The van der Waals surface area contributed by atoms with Gasteiger partial charge in [-0.3, -0.25) is 0 Å². The topological polar surface area (TPSA) is 15.3 Å². The molecule has 0 aromatic rings. The van der Waals surface area contributed by atoms with E-state index in [2.05, 4.69) is 37.9 Å². The first kappa shape index (κ1) is 17.3. The van der Waals surface area contributed by atoms with Crippen molar-refractivity contribution >= 4 is 0 Å². The zero-order valence-electron chi connectivity index (χ0n) is 15.0. The summed E-state index contributed by atoms with van der Waals surface area (Å²) >= 11 is 0. The molecule has 2 unspecified atom stereocenters. The first-order valence-electron chi connectivity index (χ1n) is 9.52. The Morgan fingerprint density at radius 1 is 1.10 bits per heavy atom. The molecule has 0 amide bonds. The van der Waals surface area contributed by atoms with Crippen LogP contribution in [0.5, 0.6) is 0 Å². The lowest BCUT2D eigenvalue weighted by molar-refractivity contribution is 0.0668. The van der Waals surface area contributed by atoms with Gasteiger partial charge in [-0.25, -0.2) is 0 Å². The van der Waals surface area contributed by atoms with Crippen molar-refractivity contribution in [2.75, 3.05) is 26.2 Å². The molecular formula is C19H38N2. The van der Waals surface area contributed by atoms with Crippen LogP contribution < -0.4 is 5.32 Å². The molecule has 0 aromatic carbocycles. The predicted molar refractivity (Wildman–Crippen MR) is 92.7 cm³/mol. The molecule has 0 radical (unpaired) electrons. The van der Waals surface area contributed by atoms with E-state index in [9.17, 15) is 0 Å². The van der Waals surface area contributed by atoms with Gasteiger partial charge in [0, 0.05) is 12.6 Å². The second kappa shape index (κ2) is 7.97. The third-order valence-electron chi connectivity index (χ3n) is 6.03. The van der Waals surface area contributed by atoms with Crippen molar-refractivity contribution in [1.82, 2.24) is 10.2 Å². The Labute approximate surface area is 133 Å². The molecule has 1 saturated heterocycles. The summed E-state index contributed by atoms with van der Waals surface area (Å²) in [4.78, 5) is 2.77. The van der Waals surface area contributed by atoms with Gasteiger partial charge < -0.3 is 10.2 Å². The highest BCUT2D eigenvalue weighted by Gasteiger charge is 2.39. The summed E-state index contributed by atoms with van der Waals surface area (Å²) in [6.45, 7) is 14.7. The van der Waals surface area contributed by atoms with Gasteiger partial charge in [0.2, 0.25) is 0 Å². The molecule has 1 aliphatic heterocycles. The molecule has 0 aromatic heterocycles. The standard InChI is InChI=1S/C19H38N2/c1-5-8-16-10-13-21(14-11-16)15-17-9-7-12-19(3,4)18(17)20-6-2/h16-18,20H,5-15H2,1-4H3. The number of hydrogen-bond acceptors (Lipinski definition) is 2. The van der Waals surface area contributed by atoms with Gasteiger partial charge in [-0.05, 0) is 62.6 Å². The summed E-state index contributed by atoms with van der Waals surface area (Å²) in [5.74, 6) is 1.87. The van der Waals surface area contributed by atoms with E-state index in [-0.39, 0.29) is 0 Å². The summed E-state index contributed by atoms with van der Waals surface area (Å²) in [6.07, 6.45) is 9.93. The smallest absolute Gasteiger partial charge is 0.0159 e. The van der Waals surface area contributed by atoms with Gasteiger partial charge in [0.15, 0.2) is 0 Å².